The molecule has 14 heavy (non-hydrogen) atoms. The molecule has 0 aliphatic heterocycles. The number of aryl methyl sites for hydroxylation is 1. The lowest BCUT2D eigenvalue weighted by molar-refractivity contribution is 0.701. The maximum absolute atomic E-state index is 5.64. The van der Waals surface area contributed by atoms with E-state index in [1.165, 1.54) is 0 Å². The van der Waals surface area contributed by atoms with Crippen molar-refractivity contribution in [3.05, 3.63) is 30.4 Å². The topological polar surface area (TPSA) is 48.5 Å². The maximum atomic E-state index is 5.64. The number of hydrogen-bond acceptors (Lipinski definition) is 3. The predicted molar refractivity (Wildman–Crippen MR) is 51.9 cm³/mol. The lowest BCUT2D eigenvalue weighted by Crippen LogP contribution is -1.99. The molecular formula is C8H10ClN5. The van der Waals surface area contributed by atoms with Crippen molar-refractivity contribution in [1.82, 2.24) is 24.3 Å². The molecule has 0 bridgehead atoms. The van der Waals surface area contributed by atoms with E-state index in [0.29, 0.717) is 12.4 Å². The van der Waals surface area contributed by atoms with Crippen LogP contribution in [0.4, 0.5) is 0 Å². The van der Waals surface area contributed by atoms with Crippen LogP contribution in [0, 0.1) is 0 Å². The van der Waals surface area contributed by atoms with Gasteiger partial charge >= 0.3 is 0 Å². The number of nitrogens with zero attached hydrogens (tertiary/aromatic N) is 5. The first-order valence-corrected chi connectivity index (χ1v) is 4.72. The smallest absolute Gasteiger partial charge is 0.170 e. The zero-order valence-corrected chi connectivity index (χ0v) is 8.52. The molecule has 0 atom stereocenters. The van der Waals surface area contributed by atoms with Crippen molar-refractivity contribution in [2.75, 3.05) is 0 Å². The lowest BCUT2D eigenvalue weighted by atomic mass is 10.5. The van der Waals surface area contributed by atoms with Crippen molar-refractivity contribution >= 4 is 11.6 Å². The first-order valence-electron chi connectivity index (χ1n) is 4.19. The quantitative estimate of drug-likeness (QED) is 0.706. The largest absolute Gasteiger partial charge is 0.329 e. The Bertz CT molecular complexity index is 419. The van der Waals surface area contributed by atoms with Gasteiger partial charge in [-0.3, -0.25) is 4.68 Å². The van der Waals surface area contributed by atoms with Crippen molar-refractivity contribution < 1.29 is 0 Å². The van der Waals surface area contributed by atoms with E-state index in [4.69, 9.17) is 11.6 Å². The first kappa shape index (κ1) is 9.21. The monoisotopic (exact) mass is 211 g/mol. The van der Waals surface area contributed by atoms with Gasteiger partial charge in [0, 0.05) is 13.2 Å². The molecule has 2 rings (SSSR count). The minimum absolute atomic E-state index is 0.433. The summed E-state index contributed by atoms with van der Waals surface area (Å²) in [6, 6.07) is 0. The second kappa shape index (κ2) is 3.79. The molecule has 5 nitrogen and oxygen atoms in total. The molecule has 0 fully saturated rings. The molecular weight excluding hydrogens is 202 g/mol. The summed E-state index contributed by atoms with van der Waals surface area (Å²) in [5.74, 6) is 1.20. The van der Waals surface area contributed by atoms with Crippen LogP contribution in [0.1, 0.15) is 11.5 Å². The maximum Gasteiger partial charge on any atom is 0.170 e. The van der Waals surface area contributed by atoms with Crippen LogP contribution in [0.25, 0.3) is 0 Å². The third-order valence-electron chi connectivity index (χ3n) is 1.79. The van der Waals surface area contributed by atoms with E-state index in [0.717, 1.165) is 11.5 Å². The van der Waals surface area contributed by atoms with Gasteiger partial charge in [-0.05, 0) is 0 Å². The van der Waals surface area contributed by atoms with E-state index in [-0.39, 0.29) is 0 Å². The summed E-state index contributed by atoms with van der Waals surface area (Å²) in [5, 5.41) is 4.17. The number of alkyl halides is 1. The molecule has 0 aromatic carbocycles. The first-order chi connectivity index (χ1) is 6.78. The second-order valence-electron chi connectivity index (χ2n) is 3.01. The minimum atomic E-state index is 0.433. The molecule has 0 aliphatic carbocycles. The van der Waals surface area contributed by atoms with Crippen LogP contribution in [0.15, 0.2) is 18.9 Å². The lowest BCUT2D eigenvalue weighted by Gasteiger charge is -1.95. The Hall–Kier alpha value is -1.36. The number of halogens is 1. The number of hydrogen-bond donors (Lipinski definition) is 0. The molecule has 0 spiro atoms. The molecule has 0 saturated carbocycles. The Kier molecular flexibility index (Phi) is 2.49. The van der Waals surface area contributed by atoms with Gasteiger partial charge in [0.25, 0.3) is 0 Å². The summed E-state index contributed by atoms with van der Waals surface area (Å²) in [4.78, 5) is 8.22. The Balaban J connectivity index is 2.10. The normalized spacial score (nSPS) is 10.7. The van der Waals surface area contributed by atoms with E-state index in [2.05, 4.69) is 15.1 Å². The third kappa shape index (κ3) is 1.93. The fourth-order valence-corrected chi connectivity index (χ4v) is 1.32. The summed E-state index contributed by atoms with van der Waals surface area (Å²) < 4.78 is 3.59. The molecule has 0 unspecified atom stereocenters. The van der Waals surface area contributed by atoms with E-state index in [1.807, 2.05) is 17.8 Å². The SMILES string of the molecule is Cn1cnc(Cn2cnc(CCl)c2)n1. The molecule has 2 heterocycles. The van der Waals surface area contributed by atoms with Gasteiger partial charge in [-0.2, -0.15) is 5.10 Å². The van der Waals surface area contributed by atoms with Gasteiger partial charge in [-0.1, -0.05) is 0 Å². The van der Waals surface area contributed by atoms with Crippen LogP contribution < -0.4 is 0 Å². The fraction of sp³-hybridized carbons (Fsp3) is 0.375. The molecule has 0 radical (unpaired) electrons. The molecule has 0 saturated heterocycles. The highest BCUT2D eigenvalue weighted by molar-refractivity contribution is 6.16. The third-order valence-corrected chi connectivity index (χ3v) is 2.07. The molecule has 0 aliphatic rings. The highest BCUT2D eigenvalue weighted by Gasteiger charge is 2.01. The van der Waals surface area contributed by atoms with Gasteiger partial charge < -0.3 is 4.57 Å². The van der Waals surface area contributed by atoms with Gasteiger partial charge in [0.05, 0.1) is 24.4 Å². The fourth-order valence-electron chi connectivity index (χ4n) is 1.18. The number of imidazole rings is 1. The summed E-state index contributed by atoms with van der Waals surface area (Å²) in [7, 11) is 1.84. The van der Waals surface area contributed by atoms with Gasteiger partial charge in [0.2, 0.25) is 0 Å². The van der Waals surface area contributed by atoms with Crippen molar-refractivity contribution in [1.29, 1.82) is 0 Å². The van der Waals surface area contributed by atoms with Gasteiger partial charge in [0.15, 0.2) is 5.82 Å². The number of rotatable bonds is 3. The van der Waals surface area contributed by atoms with Crippen LogP contribution >= 0.6 is 11.6 Å². The van der Waals surface area contributed by atoms with E-state index in [1.54, 1.807) is 17.3 Å². The van der Waals surface area contributed by atoms with E-state index < -0.39 is 0 Å². The molecule has 6 heteroatoms. The Labute approximate surface area is 86.4 Å². The zero-order valence-electron chi connectivity index (χ0n) is 7.76. The second-order valence-corrected chi connectivity index (χ2v) is 3.27. The number of aromatic nitrogens is 5. The average Bonchev–Trinajstić information content (AvgIpc) is 2.76. The summed E-state index contributed by atoms with van der Waals surface area (Å²) in [6.45, 7) is 0.630. The van der Waals surface area contributed by atoms with Crippen LogP contribution in [-0.4, -0.2) is 24.3 Å². The van der Waals surface area contributed by atoms with Crippen molar-refractivity contribution in [3.8, 4) is 0 Å². The Morgan fingerprint density at radius 3 is 2.79 bits per heavy atom. The molecule has 74 valence electrons. The van der Waals surface area contributed by atoms with Crippen molar-refractivity contribution in [3.63, 3.8) is 0 Å². The van der Waals surface area contributed by atoms with Gasteiger partial charge in [-0.25, -0.2) is 9.97 Å². The van der Waals surface area contributed by atoms with E-state index >= 15 is 0 Å². The molecule has 0 N–H and O–H groups in total. The van der Waals surface area contributed by atoms with Crippen LogP contribution in [-0.2, 0) is 19.5 Å². The van der Waals surface area contributed by atoms with Crippen LogP contribution in [0.3, 0.4) is 0 Å². The Morgan fingerprint density at radius 2 is 2.21 bits per heavy atom. The Morgan fingerprint density at radius 1 is 1.36 bits per heavy atom. The molecule has 0 amide bonds. The minimum Gasteiger partial charge on any atom is -0.329 e. The molecule has 2 aromatic rings. The summed E-state index contributed by atoms with van der Waals surface area (Å²) >= 11 is 5.64. The van der Waals surface area contributed by atoms with Crippen molar-refractivity contribution in [2.45, 2.75) is 12.4 Å². The van der Waals surface area contributed by atoms with Gasteiger partial charge in [0.1, 0.15) is 6.33 Å². The summed E-state index contributed by atoms with van der Waals surface area (Å²) in [5.41, 5.74) is 0.864. The van der Waals surface area contributed by atoms with Crippen LogP contribution in [0.2, 0.25) is 0 Å². The standard InChI is InChI=1S/C8H10ClN5/c1-13-5-11-8(12-13)4-14-3-7(2-9)10-6-14/h3,5-6H,2,4H2,1H3. The predicted octanol–water partition coefficient (Wildman–Crippen LogP) is 0.799. The van der Waals surface area contributed by atoms with E-state index in [9.17, 15) is 0 Å². The average molecular weight is 212 g/mol. The highest BCUT2D eigenvalue weighted by atomic mass is 35.5. The van der Waals surface area contributed by atoms with Gasteiger partial charge in [-0.15, -0.1) is 11.6 Å². The zero-order chi connectivity index (χ0) is 9.97. The van der Waals surface area contributed by atoms with Crippen LogP contribution in [0.5, 0.6) is 0 Å². The van der Waals surface area contributed by atoms with Crippen molar-refractivity contribution in [2.24, 2.45) is 7.05 Å². The highest BCUT2D eigenvalue weighted by Crippen LogP contribution is 2.01. The summed E-state index contributed by atoms with van der Waals surface area (Å²) in [6.07, 6.45) is 5.30. The molecule has 2 aromatic heterocycles.